The van der Waals surface area contributed by atoms with E-state index in [1.807, 2.05) is 12.1 Å². The Balaban J connectivity index is 2.20. The number of nitrogens with zero attached hydrogens (tertiary/aromatic N) is 2. The van der Waals surface area contributed by atoms with Crippen LogP contribution >= 0.6 is 0 Å². The standard InChI is InChI=1S/C11H17N3O/c12-7-9-3-1-5-13-11(9)14-6-2-4-10(15)8-14/h1,3,5,10,15H,2,4,6-8,12H2/t10-/m1/s1. The molecule has 4 heteroatoms. The zero-order chi connectivity index (χ0) is 10.7. The van der Waals surface area contributed by atoms with Crippen molar-refractivity contribution in [3.8, 4) is 0 Å². The summed E-state index contributed by atoms with van der Waals surface area (Å²) in [5, 5.41) is 9.60. The summed E-state index contributed by atoms with van der Waals surface area (Å²) in [5.41, 5.74) is 6.71. The molecule has 3 N–H and O–H groups in total. The van der Waals surface area contributed by atoms with Gasteiger partial charge in [0.25, 0.3) is 0 Å². The molecule has 0 aliphatic carbocycles. The van der Waals surface area contributed by atoms with Gasteiger partial charge in [-0.2, -0.15) is 0 Å². The first-order valence-corrected chi connectivity index (χ1v) is 5.38. The maximum absolute atomic E-state index is 9.60. The highest BCUT2D eigenvalue weighted by Gasteiger charge is 2.20. The minimum atomic E-state index is -0.230. The second-order valence-electron chi connectivity index (χ2n) is 3.93. The van der Waals surface area contributed by atoms with Crippen LogP contribution in [0.2, 0.25) is 0 Å². The van der Waals surface area contributed by atoms with Gasteiger partial charge in [-0.15, -0.1) is 0 Å². The van der Waals surface area contributed by atoms with Crippen molar-refractivity contribution in [3.63, 3.8) is 0 Å². The summed E-state index contributed by atoms with van der Waals surface area (Å²) in [5.74, 6) is 0.929. The molecule has 0 saturated carbocycles. The van der Waals surface area contributed by atoms with Crippen LogP contribution in [0.1, 0.15) is 18.4 Å². The van der Waals surface area contributed by atoms with E-state index < -0.39 is 0 Å². The Hall–Kier alpha value is -1.13. The molecule has 0 radical (unpaired) electrons. The molecule has 0 aromatic carbocycles. The molecule has 0 amide bonds. The fourth-order valence-corrected chi connectivity index (χ4v) is 2.02. The molecule has 1 fully saturated rings. The lowest BCUT2D eigenvalue weighted by molar-refractivity contribution is 0.154. The molecule has 82 valence electrons. The number of nitrogens with two attached hydrogens (primary N) is 1. The number of β-amino-alcohol motifs (C(OH)–C–C–N with tert-alkyl or cyclic N) is 1. The van der Waals surface area contributed by atoms with Crippen molar-refractivity contribution < 1.29 is 5.11 Å². The number of hydrogen-bond acceptors (Lipinski definition) is 4. The Morgan fingerprint density at radius 1 is 1.60 bits per heavy atom. The normalized spacial score (nSPS) is 21.7. The van der Waals surface area contributed by atoms with Crippen LogP contribution in [0, 0.1) is 0 Å². The first kappa shape index (κ1) is 10.4. The van der Waals surface area contributed by atoms with Crippen LogP contribution in [-0.2, 0) is 6.54 Å². The van der Waals surface area contributed by atoms with Gasteiger partial charge >= 0.3 is 0 Å². The van der Waals surface area contributed by atoms with Gasteiger partial charge in [0.1, 0.15) is 5.82 Å². The van der Waals surface area contributed by atoms with Gasteiger partial charge in [-0.25, -0.2) is 4.98 Å². The Labute approximate surface area is 89.7 Å². The van der Waals surface area contributed by atoms with Crippen LogP contribution in [-0.4, -0.2) is 29.3 Å². The van der Waals surface area contributed by atoms with E-state index in [4.69, 9.17) is 5.73 Å². The van der Waals surface area contributed by atoms with Gasteiger partial charge in [-0.05, 0) is 18.9 Å². The fourth-order valence-electron chi connectivity index (χ4n) is 2.02. The highest BCUT2D eigenvalue weighted by atomic mass is 16.3. The molecule has 2 heterocycles. The monoisotopic (exact) mass is 207 g/mol. The SMILES string of the molecule is NCc1cccnc1N1CCC[C@@H](O)C1. The zero-order valence-electron chi connectivity index (χ0n) is 8.76. The third kappa shape index (κ3) is 2.27. The van der Waals surface area contributed by atoms with E-state index in [0.717, 1.165) is 30.8 Å². The van der Waals surface area contributed by atoms with Crippen molar-refractivity contribution in [2.75, 3.05) is 18.0 Å². The molecule has 1 atom stereocenters. The molecule has 0 unspecified atom stereocenters. The lowest BCUT2D eigenvalue weighted by atomic mass is 10.1. The highest BCUT2D eigenvalue weighted by molar-refractivity contribution is 5.47. The number of pyridine rings is 1. The third-order valence-electron chi connectivity index (χ3n) is 2.78. The highest BCUT2D eigenvalue weighted by Crippen LogP contribution is 2.21. The molecule has 0 bridgehead atoms. The van der Waals surface area contributed by atoms with Gasteiger partial charge in [0, 0.05) is 31.4 Å². The van der Waals surface area contributed by atoms with Gasteiger partial charge in [-0.1, -0.05) is 6.07 Å². The number of aliphatic hydroxyl groups is 1. The summed E-state index contributed by atoms with van der Waals surface area (Å²) in [7, 11) is 0. The number of anilines is 1. The smallest absolute Gasteiger partial charge is 0.133 e. The molecule has 1 aromatic rings. The van der Waals surface area contributed by atoms with Crippen molar-refractivity contribution in [1.82, 2.24) is 4.98 Å². The maximum Gasteiger partial charge on any atom is 0.133 e. The lowest BCUT2D eigenvalue weighted by Crippen LogP contribution is -2.39. The number of rotatable bonds is 2. The molecule has 0 spiro atoms. The van der Waals surface area contributed by atoms with Crippen LogP contribution in [0.15, 0.2) is 18.3 Å². The van der Waals surface area contributed by atoms with Gasteiger partial charge in [-0.3, -0.25) is 0 Å². The summed E-state index contributed by atoms with van der Waals surface area (Å²) in [6, 6.07) is 3.88. The van der Waals surface area contributed by atoms with E-state index in [1.165, 1.54) is 0 Å². The fraction of sp³-hybridized carbons (Fsp3) is 0.545. The predicted molar refractivity (Wildman–Crippen MR) is 59.6 cm³/mol. The summed E-state index contributed by atoms with van der Waals surface area (Å²) < 4.78 is 0. The lowest BCUT2D eigenvalue weighted by Gasteiger charge is -2.32. The van der Waals surface area contributed by atoms with E-state index in [2.05, 4.69) is 9.88 Å². The van der Waals surface area contributed by atoms with Crippen LogP contribution in [0.4, 0.5) is 5.82 Å². The Bertz CT molecular complexity index is 329. The van der Waals surface area contributed by atoms with Crippen molar-refractivity contribution in [2.24, 2.45) is 5.73 Å². The average Bonchev–Trinajstić information content (AvgIpc) is 2.29. The first-order chi connectivity index (χ1) is 7.31. The van der Waals surface area contributed by atoms with Crippen LogP contribution < -0.4 is 10.6 Å². The van der Waals surface area contributed by atoms with E-state index in [9.17, 15) is 5.11 Å². The third-order valence-corrected chi connectivity index (χ3v) is 2.78. The topological polar surface area (TPSA) is 62.4 Å². The van der Waals surface area contributed by atoms with E-state index in [0.29, 0.717) is 13.1 Å². The second-order valence-corrected chi connectivity index (χ2v) is 3.93. The van der Waals surface area contributed by atoms with E-state index in [1.54, 1.807) is 6.20 Å². The number of aliphatic hydroxyl groups excluding tert-OH is 1. The van der Waals surface area contributed by atoms with Gasteiger partial charge in [0.05, 0.1) is 6.10 Å². The largest absolute Gasteiger partial charge is 0.391 e. The minimum absolute atomic E-state index is 0.230. The van der Waals surface area contributed by atoms with Gasteiger partial charge < -0.3 is 15.7 Å². The quantitative estimate of drug-likeness (QED) is 0.741. The molecule has 1 aromatic heterocycles. The van der Waals surface area contributed by atoms with Crippen LogP contribution in [0.25, 0.3) is 0 Å². The van der Waals surface area contributed by atoms with E-state index in [-0.39, 0.29) is 6.10 Å². The van der Waals surface area contributed by atoms with Gasteiger partial charge in [0.15, 0.2) is 0 Å². The summed E-state index contributed by atoms with van der Waals surface area (Å²) in [6.07, 6.45) is 3.45. The van der Waals surface area contributed by atoms with Crippen molar-refractivity contribution >= 4 is 5.82 Å². The number of hydrogen-bond donors (Lipinski definition) is 2. The second kappa shape index (κ2) is 4.59. The Morgan fingerprint density at radius 2 is 2.47 bits per heavy atom. The Morgan fingerprint density at radius 3 is 3.20 bits per heavy atom. The number of piperidine rings is 1. The molecular formula is C11H17N3O. The van der Waals surface area contributed by atoms with Crippen molar-refractivity contribution in [3.05, 3.63) is 23.9 Å². The predicted octanol–water partition coefficient (Wildman–Crippen LogP) is 0.501. The Kier molecular flexibility index (Phi) is 3.18. The molecule has 4 nitrogen and oxygen atoms in total. The van der Waals surface area contributed by atoms with Crippen LogP contribution in [0.3, 0.4) is 0 Å². The first-order valence-electron chi connectivity index (χ1n) is 5.38. The summed E-state index contributed by atoms with van der Waals surface area (Å²) >= 11 is 0. The zero-order valence-corrected chi connectivity index (χ0v) is 8.76. The van der Waals surface area contributed by atoms with Crippen molar-refractivity contribution in [1.29, 1.82) is 0 Å². The van der Waals surface area contributed by atoms with Gasteiger partial charge in [0.2, 0.25) is 0 Å². The average molecular weight is 207 g/mol. The maximum atomic E-state index is 9.60. The summed E-state index contributed by atoms with van der Waals surface area (Å²) in [6.45, 7) is 2.13. The number of aromatic nitrogens is 1. The van der Waals surface area contributed by atoms with E-state index >= 15 is 0 Å². The minimum Gasteiger partial charge on any atom is -0.391 e. The van der Waals surface area contributed by atoms with Crippen molar-refractivity contribution in [2.45, 2.75) is 25.5 Å². The van der Waals surface area contributed by atoms with Crippen LogP contribution in [0.5, 0.6) is 0 Å². The molecule has 1 aliphatic rings. The molecule has 1 aliphatic heterocycles. The molecule has 1 saturated heterocycles. The summed E-state index contributed by atoms with van der Waals surface area (Å²) in [4.78, 5) is 6.46. The molecule has 2 rings (SSSR count). The molecular weight excluding hydrogens is 190 g/mol. The molecule has 15 heavy (non-hydrogen) atoms.